The van der Waals surface area contributed by atoms with Gasteiger partial charge in [0.2, 0.25) is 5.88 Å². The number of nitrogens with zero attached hydrogens (tertiary/aromatic N) is 6. The van der Waals surface area contributed by atoms with Crippen LogP contribution in [0.15, 0.2) is 24.4 Å². The molecule has 0 bridgehead atoms. The summed E-state index contributed by atoms with van der Waals surface area (Å²) in [5, 5.41) is 16.2. The van der Waals surface area contributed by atoms with Crippen LogP contribution in [0.5, 0.6) is 5.88 Å². The molecule has 168 valence electrons. The quantitative estimate of drug-likeness (QED) is 0.683. The average molecular weight is 467 g/mol. The zero-order valence-corrected chi connectivity index (χ0v) is 17.5. The number of rotatable bonds is 4. The molecular weight excluding hydrogens is 449 g/mol. The fourth-order valence-electron chi connectivity index (χ4n) is 3.94. The van der Waals surface area contributed by atoms with Crippen molar-refractivity contribution in [2.75, 3.05) is 24.5 Å². The van der Waals surface area contributed by atoms with Gasteiger partial charge in [-0.3, -0.25) is 4.79 Å². The lowest BCUT2D eigenvalue weighted by Crippen LogP contribution is -2.47. The Kier molecular flexibility index (Phi) is 6.06. The van der Waals surface area contributed by atoms with Crippen molar-refractivity contribution in [3.8, 4) is 11.9 Å². The number of pyridine rings is 1. The monoisotopic (exact) mass is 466 g/mol. The van der Waals surface area contributed by atoms with Crippen LogP contribution in [0.4, 0.5) is 19.0 Å². The van der Waals surface area contributed by atoms with Gasteiger partial charge in [0.15, 0.2) is 11.8 Å². The minimum atomic E-state index is -4.50. The van der Waals surface area contributed by atoms with Crippen LogP contribution in [-0.2, 0) is 11.0 Å². The third kappa shape index (κ3) is 4.55. The number of piperidine rings is 1. The molecule has 1 amide bonds. The van der Waals surface area contributed by atoms with Gasteiger partial charge >= 0.3 is 6.18 Å². The van der Waals surface area contributed by atoms with E-state index in [1.54, 1.807) is 4.90 Å². The van der Waals surface area contributed by atoms with Crippen LogP contribution in [0, 0.1) is 11.3 Å². The zero-order valence-electron chi connectivity index (χ0n) is 16.7. The summed E-state index contributed by atoms with van der Waals surface area (Å²) in [4.78, 5) is 20.3. The molecule has 2 fully saturated rings. The van der Waals surface area contributed by atoms with Crippen molar-refractivity contribution in [3.63, 3.8) is 0 Å². The van der Waals surface area contributed by atoms with E-state index in [0.717, 1.165) is 12.3 Å². The first-order valence-electron chi connectivity index (χ1n) is 9.95. The van der Waals surface area contributed by atoms with Gasteiger partial charge in [0.1, 0.15) is 11.9 Å². The summed E-state index contributed by atoms with van der Waals surface area (Å²) in [6.07, 6.45) is -2.61. The normalized spacial score (nSPS) is 19.8. The molecule has 12 heteroatoms. The maximum Gasteiger partial charge on any atom is 0.417 e. The summed E-state index contributed by atoms with van der Waals surface area (Å²) < 4.78 is 44.1. The molecule has 2 aliphatic rings. The number of hydrogen-bond acceptors (Lipinski definition) is 7. The summed E-state index contributed by atoms with van der Waals surface area (Å²) in [5.74, 6) is 0.355. The van der Waals surface area contributed by atoms with Crippen molar-refractivity contribution in [2.45, 2.75) is 37.6 Å². The number of carbonyl (C=O) groups is 1. The molecule has 2 saturated heterocycles. The topological polar surface area (TPSA) is 95.2 Å². The number of alkyl halides is 3. The molecule has 2 aromatic heterocycles. The maximum atomic E-state index is 12.8. The lowest BCUT2D eigenvalue weighted by Gasteiger charge is -2.37. The van der Waals surface area contributed by atoms with E-state index >= 15 is 0 Å². The highest BCUT2D eigenvalue weighted by Gasteiger charge is 2.39. The highest BCUT2D eigenvalue weighted by Crippen LogP contribution is 2.35. The number of ether oxygens (including phenoxy) is 1. The summed E-state index contributed by atoms with van der Waals surface area (Å²) in [5.41, 5.74) is -0.729. The van der Waals surface area contributed by atoms with E-state index in [1.807, 2.05) is 11.0 Å². The van der Waals surface area contributed by atoms with Gasteiger partial charge in [-0.05, 0) is 25.0 Å². The number of anilines is 1. The number of likely N-dealkylation sites (tertiary alicyclic amines) is 1. The summed E-state index contributed by atoms with van der Waals surface area (Å²) in [6, 6.07) is 5.71. The third-order valence-electron chi connectivity index (χ3n) is 5.56. The molecule has 32 heavy (non-hydrogen) atoms. The van der Waals surface area contributed by atoms with E-state index in [9.17, 15) is 18.0 Å². The lowest BCUT2D eigenvalue weighted by atomic mass is 10.0. The summed E-state index contributed by atoms with van der Waals surface area (Å²) in [7, 11) is 0. The highest BCUT2D eigenvalue weighted by atomic mass is 35.5. The Hall–Kier alpha value is -3.13. The Morgan fingerprint density at radius 3 is 2.50 bits per heavy atom. The van der Waals surface area contributed by atoms with Crippen LogP contribution in [0.1, 0.15) is 30.5 Å². The second-order valence-electron chi connectivity index (χ2n) is 7.54. The van der Waals surface area contributed by atoms with Gasteiger partial charge in [-0.2, -0.15) is 18.4 Å². The zero-order chi connectivity index (χ0) is 22.9. The molecule has 1 atom stereocenters. The highest BCUT2D eigenvalue weighted by molar-refractivity contribution is 6.33. The summed E-state index contributed by atoms with van der Waals surface area (Å²) in [6.45, 7) is 1.56. The number of halogens is 4. The van der Waals surface area contributed by atoms with Crippen molar-refractivity contribution < 1.29 is 22.7 Å². The number of amides is 1. The third-order valence-corrected chi connectivity index (χ3v) is 5.84. The number of aromatic nitrogens is 3. The van der Waals surface area contributed by atoms with Gasteiger partial charge in [0, 0.05) is 44.4 Å². The molecular formula is C20H18ClF3N6O2. The standard InChI is InChI=1S/C20H18ClF3N6O2/c21-15-9-12(20(22,23)24)11-26-18(15)29-6-3-14(4-7-29)30-8-5-16(19(30)31)32-17-2-1-13(10-25)27-28-17/h1-2,9,11,14,16H,3-8H2/t16-/m0/s1. The van der Waals surface area contributed by atoms with Crippen molar-refractivity contribution in [1.29, 1.82) is 5.26 Å². The summed E-state index contributed by atoms with van der Waals surface area (Å²) >= 11 is 6.06. The fraction of sp³-hybridized carbons (Fsp3) is 0.450. The molecule has 0 aliphatic carbocycles. The minimum absolute atomic E-state index is 0.00683. The van der Waals surface area contributed by atoms with E-state index in [1.165, 1.54) is 12.1 Å². The van der Waals surface area contributed by atoms with Crippen molar-refractivity contribution in [2.24, 2.45) is 0 Å². The van der Waals surface area contributed by atoms with E-state index in [2.05, 4.69) is 15.2 Å². The van der Waals surface area contributed by atoms with Crippen LogP contribution in [0.3, 0.4) is 0 Å². The van der Waals surface area contributed by atoms with Gasteiger partial charge in [-0.1, -0.05) is 11.6 Å². The Balaban J connectivity index is 1.34. The second-order valence-corrected chi connectivity index (χ2v) is 7.95. The van der Waals surface area contributed by atoms with Gasteiger partial charge in [0.05, 0.1) is 10.6 Å². The molecule has 0 saturated carbocycles. The van der Waals surface area contributed by atoms with Crippen LogP contribution in [0.25, 0.3) is 0 Å². The van der Waals surface area contributed by atoms with E-state index in [4.69, 9.17) is 21.6 Å². The van der Waals surface area contributed by atoms with Crippen LogP contribution >= 0.6 is 11.6 Å². The Labute approximate surface area is 186 Å². The largest absolute Gasteiger partial charge is 0.463 e. The van der Waals surface area contributed by atoms with Crippen LogP contribution < -0.4 is 9.64 Å². The van der Waals surface area contributed by atoms with Gasteiger partial charge < -0.3 is 14.5 Å². The molecule has 0 radical (unpaired) electrons. The second kappa shape index (κ2) is 8.78. The first-order chi connectivity index (χ1) is 15.3. The lowest BCUT2D eigenvalue weighted by molar-refractivity contribution is -0.138. The Morgan fingerprint density at radius 2 is 1.91 bits per heavy atom. The predicted molar refractivity (Wildman–Crippen MR) is 107 cm³/mol. The molecule has 0 N–H and O–H groups in total. The van der Waals surface area contributed by atoms with Crippen molar-refractivity contribution >= 4 is 23.3 Å². The maximum absolute atomic E-state index is 12.8. The van der Waals surface area contributed by atoms with Crippen molar-refractivity contribution in [3.05, 3.63) is 40.7 Å². The number of hydrogen-bond donors (Lipinski definition) is 0. The molecule has 8 nitrogen and oxygen atoms in total. The average Bonchev–Trinajstić information content (AvgIpc) is 3.14. The SMILES string of the molecule is N#Cc1ccc(O[C@H]2CCN(C3CCN(c4ncc(C(F)(F)F)cc4Cl)CC3)C2=O)nn1. The molecule has 4 heterocycles. The Bertz CT molecular complexity index is 1040. The Morgan fingerprint density at radius 1 is 1.16 bits per heavy atom. The molecule has 0 unspecified atom stereocenters. The molecule has 2 aromatic rings. The molecule has 0 spiro atoms. The predicted octanol–water partition coefficient (Wildman–Crippen LogP) is 3.06. The van der Waals surface area contributed by atoms with Crippen LogP contribution in [-0.4, -0.2) is 57.8 Å². The minimum Gasteiger partial charge on any atom is -0.463 e. The van der Waals surface area contributed by atoms with E-state index < -0.39 is 17.8 Å². The van der Waals surface area contributed by atoms with Gasteiger partial charge in [0.25, 0.3) is 5.91 Å². The first-order valence-corrected chi connectivity index (χ1v) is 10.3. The molecule has 4 rings (SSSR count). The van der Waals surface area contributed by atoms with Gasteiger partial charge in [-0.25, -0.2) is 4.98 Å². The van der Waals surface area contributed by atoms with Gasteiger partial charge in [-0.15, -0.1) is 10.2 Å². The first kappa shape index (κ1) is 22.1. The molecule has 2 aliphatic heterocycles. The van der Waals surface area contributed by atoms with E-state index in [0.29, 0.717) is 44.7 Å². The molecule has 0 aromatic carbocycles. The fourth-order valence-corrected chi connectivity index (χ4v) is 4.23. The number of carbonyl (C=O) groups excluding carboxylic acids is 1. The smallest absolute Gasteiger partial charge is 0.417 e. The number of nitriles is 1. The van der Waals surface area contributed by atoms with Crippen molar-refractivity contribution in [1.82, 2.24) is 20.1 Å². The van der Waals surface area contributed by atoms with E-state index in [-0.39, 0.29) is 28.5 Å². The van der Waals surface area contributed by atoms with Crippen LogP contribution in [0.2, 0.25) is 5.02 Å².